The fourth-order valence-corrected chi connectivity index (χ4v) is 4.78. The first-order valence-corrected chi connectivity index (χ1v) is 12.9. The van der Waals surface area contributed by atoms with Crippen LogP contribution in [0.3, 0.4) is 0 Å². The summed E-state index contributed by atoms with van der Waals surface area (Å²) in [5.74, 6) is 5.30. The van der Waals surface area contributed by atoms with E-state index in [4.69, 9.17) is 9.94 Å². The average molecular weight is 498 g/mol. The summed E-state index contributed by atoms with van der Waals surface area (Å²) in [6.45, 7) is 2.53. The summed E-state index contributed by atoms with van der Waals surface area (Å²) in [6.07, 6.45) is 2.68. The Labute approximate surface area is 203 Å². The molecule has 0 spiro atoms. The van der Waals surface area contributed by atoms with Gasteiger partial charge in [0, 0.05) is 35.5 Å². The van der Waals surface area contributed by atoms with E-state index in [1.54, 1.807) is 10.9 Å². The fourth-order valence-electron chi connectivity index (χ4n) is 3.93. The van der Waals surface area contributed by atoms with Gasteiger partial charge < -0.3 is 9.84 Å². The van der Waals surface area contributed by atoms with Gasteiger partial charge in [0.15, 0.2) is 14.6 Å². The van der Waals surface area contributed by atoms with Crippen LogP contribution in [-0.2, 0) is 31.3 Å². The number of amides is 1. The van der Waals surface area contributed by atoms with E-state index in [1.165, 1.54) is 12.4 Å². The molecule has 1 aliphatic heterocycles. The van der Waals surface area contributed by atoms with Crippen LogP contribution in [0.5, 0.6) is 0 Å². The Morgan fingerprint density at radius 3 is 2.43 bits per heavy atom. The van der Waals surface area contributed by atoms with E-state index in [0.717, 1.165) is 28.3 Å². The van der Waals surface area contributed by atoms with E-state index in [-0.39, 0.29) is 25.0 Å². The first-order chi connectivity index (χ1) is 16.6. The Morgan fingerprint density at radius 1 is 1.20 bits per heavy atom. The maximum Gasteiger partial charge on any atom is 0.264 e. The molecule has 184 valence electrons. The van der Waals surface area contributed by atoms with Gasteiger partial charge >= 0.3 is 0 Å². The number of aliphatic hydroxyl groups excluding tert-OH is 1. The molecule has 2 aromatic carbocycles. The molecule has 0 saturated carbocycles. The number of carbonyl (C=O) groups is 1. The molecule has 0 aliphatic carbocycles. The van der Waals surface area contributed by atoms with E-state index in [2.05, 4.69) is 16.9 Å². The lowest BCUT2D eigenvalue weighted by Gasteiger charge is -2.40. The van der Waals surface area contributed by atoms with Crippen LogP contribution in [0, 0.1) is 11.8 Å². The van der Waals surface area contributed by atoms with Crippen LogP contribution in [-0.4, -0.2) is 65.2 Å². The largest absolute Gasteiger partial charge is 0.395 e. The maximum absolute atomic E-state index is 12.1. The highest BCUT2D eigenvalue weighted by Gasteiger charge is 2.43. The highest BCUT2D eigenvalue weighted by molar-refractivity contribution is 7.92. The van der Waals surface area contributed by atoms with Gasteiger partial charge in [0.05, 0.1) is 30.8 Å². The number of nitrogens with zero attached hydrogens (tertiary/aromatic N) is 2. The van der Waals surface area contributed by atoms with Crippen LogP contribution in [0.1, 0.15) is 30.0 Å². The van der Waals surface area contributed by atoms with Gasteiger partial charge in [-0.1, -0.05) is 24.0 Å². The summed E-state index contributed by atoms with van der Waals surface area (Å²) >= 11 is 0. The van der Waals surface area contributed by atoms with Crippen molar-refractivity contribution < 1.29 is 28.3 Å². The molecule has 35 heavy (non-hydrogen) atoms. The summed E-state index contributed by atoms with van der Waals surface area (Å²) in [5.41, 5.74) is 4.53. The standard InChI is InChI=1S/C25H27N3O6S/c1-24(23(30)27-31,35(2,32)33)11-12-28-14-20-13-19(7-10-22(20)26-28)4-3-18-5-8-21(9-6-18)25(15-29)16-34-17-25/h5-10,13-14,29,31H,11-12,15-17H2,1-2H3,(H,27,30)/t24-/m1/s1. The second-order valence-corrected chi connectivity index (χ2v) is 11.6. The van der Waals surface area contributed by atoms with E-state index >= 15 is 0 Å². The molecular weight excluding hydrogens is 470 g/mol. The van der Waals surface area contributed by atoms with Gasteiger partial charge in [-0.2, -0.15) is 5.10 Å². The van der Waals surface area contributed by atoms with Gasteiger partial charge in [-0.3, -0.25) is 14.7 Å². The Balaban J connectivity index is 1.49. The van der Waals surface area contributed by atoms with E-state index in [1.807, 2.05) is 42.5 Å². The van der Waals surface area contributed by atoms with Crippen LogP contribution in [0.4, 0.5) is 0 Å². The molecule has 9 nitrogen and oxygen atoms in total. The number of nitrogens with one attached hydrogen (secondary N) is 1. The number of benzene rings is 2. The number of hydroxylamine groups is 1. The predicted octanol–water partition coefficient (Wildman–Crippen LogP) is 1.40. The number of hydrogen-bond acceptors (Lipinski definition) is 7. The van der Waals surface area contributed by atoms with Crippen LogP contribution in [0.25, 0.3) is 10.9 Å². The lowest BCUT2D eigenvalue weighted by Crippen LogP contribution is -2.49. The number of aliphatic hydroxyl groups is 1. The maximum atomic E-state index is 12.1. The number of aryl methyl sites for hydroxylation is 1. The zero-order chi connectivity index (χ0) is 25.3. The SMILES string of the molecule is C[C@@](CCn1cc2cc(C#Cc3ccc(C4(CO)COC4)cc3)ccc2n1)(C(=O)NO)S(C)(=O)=O. The third kappa shape index (κ3) is 4.81. The van der Waals surface area contributed by atoms with Crippen molar-refractivity contribution in [3.8, 4) is 11.8 Å². The Kier molecular flexibility index (Phi) is 6.71. The minimum atomic E-state index is -3.78. The smallest absolute Gasteiger partial charge is 0.264 e. The molecule has 0 radical (unpaired) electrons. The first kappa shape index (κ1) is 24.9. The molecule has 1 amide bonds. The van der Waals surface area contributed by atoms with Crippen molar-refractivity contribution in [3.63, 3.8) is 0 Å². The second-order valence-electron chi connectivity index (χ2n) is 9.12. The van der Waals surface area contributed by atoms with Crippen molar-refractivity contribution in [1.29, 1.82) is 0 Å². The number of aromatic nitrogens is 2. The van der Waals surface area contributed by atoms with Crippen molar-refractivity contribution in [3.05, 3.63) is 65.4 Å². The van der Waals surface area contributed by atoms with Gasteiger partial charge in [0.25, 0.3) is 5.91 Å². The topological polar surface area (TPSA) is 131 Å². The van der Waals surface area contributed by atoms with E-state index in [9.17, 15) is 18.3 Å². The molecule has 0 bridgehead atoms. The molecular formula is C25H27N3O6S. The van der Waals surface area contributed by atoms with Crippen molar-refractivity contribution in [2.45, 2.75) is 30.1 Å². The fraction of sp³-hybridized carbons (Fsp3) is 0.360. The normalized spacial score (nSPS) is 16.6. The minimum Gasteiger partial charge on any atom is -0.395 e. The van der Waals surface area contributed by atoms with Gasteiger partial charge in [-0.25, -0.2) is 13.9 Å². The number of sulfone groups is 1. The van der Waals surface area contributed by atoms with Crippen LogP contribution < -0.4 is 5.48 Å². The van der Waals surface area contributed by atoms with Gasteiger partial charge in [-0.15, -0.1) is 0 Å². The van der Waals surface area contributed by atoms with Gasteiger partial charge in [-0.05, 0) is 49.2 Å². The molecule has 1 atom stereocenters. The first-order valence-electron chi connectivity index (χ1n) is 11.0. The van der Waals surface area contributed by atoms with Crippen molar-refractivity contribution >= 4 is 26.6 Å². The predicted molar refractivity (Wildman–Crippen MR) is 130 cm³/mol. The molecule has 3 aromatic rings. The number of ether oxygens (including phenoxy) is 1. The van der Waals surface area contributed by atoms with Crippen molar-refractivity contribution in [2.75, 3.05) is 26.1 Å². The summed E-state index contributed by atoms with van der Waals surface area (Å²) in [7, 11) is -3.78. The van der Waals surface area contributed by atoms with Crippen LogP contribution >= 0.6 is 0 Å². The molecule has 1 aromatic heterocycles. The molecule has 0 unspecified atom stereocenters. The Bertz CT molecular complexity index is 1410. The van der Waals surface area contributed by atoms with E-state index < -0.39 is 20.5 Å². The van der Waals surface area contributed by atoms with Gasteiger partial charge in [0.1, 0.15) is 0 Å². The molecule has 1 aliphatic rings. The third-order valence-electron chi connectivity index (χ3n) is 6.68. The third-order valence-corrected chi connectivity index (χ3v) is 8.70. The number of hydrogen-bond donors (Lipinski definition) is 3. The zero-order valence-electron chi connectivity index (χ0n) is 19.5. The number of fused-ring (bicyclic) bond motifs is 1. The number of rotatable bonds is 7. The highest BCUT2D eigenvalue weighted by atomic mass is 32.2. The lowest BCUT2D eigenvalue weighted by atomic mass is 9.79. The lowest BCUT2D eigenvalue weighted by molar-refractivity contribution is -0.131. The highest BCUT2D eigenvalue weighted by Crippen LogP contribution is 2.31. The van der Waals surface area contributed by atoms with E-state index in [0.29, 0.717) is 18.7 Å². The molecule has 10 heteroatoms. The molecule has 1 saturated heterocycles. The van der Waals surface area contributed by atoms with Crippen LogP contribution in [0.2, 0.25) is 0 Å². The van der Waals surface area contributed by atoms with Gasteiger partial charge in [0.2, 0.25) is 0 Å². The number of carbonyl (C=O) groups excluding carboxylic acids is 1. The summed E-state index contributed by atoms with van der Waals surface area (Å²) in [6, 6.07) is 13.4. The summed E-state index contributed by atoms with van der Waals surface area (Å²) in [4.78, 5) is 12.0. The van der Waals surface area contributed by atoms with Crippen molar-refractivity contribution in [1.82, 2.24) is 15.3 Å². The molecule has 2 heterocycles. The van der Waals surface area contributed by atoms with Crippen LogP contribution in [0.15, 0.2) is 48.7 Å². The Hall–Kier alpha value is -3.23. The molecule has 4 rings (SSSR count). The average Bonchev–Trinajstić information content (AvgIpc) is 3.22. The quantitative estimate of drug-likeness (QED) is 0.255. The molecule has 1 fully saturated rings. The summed E-state index contributed by atoms with van der Waals surface area (Å²) < 4.78 is 29.4. The zero-order valence-corrected chi connectivity index (χ0v) is 20.3. The summed E-state index contributed by atoms with van der Waals surface area (Å²) in [5, 5.41) is 23.9. The minimum absolute atomic E-state index is 0.0495. The molecule has 3 N–H and O–H groups in total. The Morgan fingerprint density at radius 2 is 1.86 bits per heavy atom. The second kappa shape index (κ2) is 9.43. The monoisotopic (exact) mass is 497 g/mol. The van der Waals surface area contributed by atoms with Crippen molar-refractivity contribution in [2.24, 2.45) is 0 Å².